The van der Waals surface area contributed by atoms with Gasteiger partial charge in [0.25, 0.3) is 5.91 Å². The van der Waals surface area contributed by atoms with Gasteiger partial charge >= 0.3 is 0 Å². The highest BCUT2D eigenvalue weighted by Gasteiger charge is 2.19. The van der Waals surface area contributed by atoms with E-state index in [9.17, 15) is 17.6 Å². The lowest BCUT2D eigenvalue weighted by Gasteiger charge is -2.23. The van der Waals surface area contributed by atoms with Crippen LogP contribution in [0.2, 0.25) is 0 Å². The summed E-state index contributed by atoms with van der Waals surface area (Å²) in [4.78, 5) is 12.4. The second kappa shape index (κ2) is 9.20. The van der Waals surface area contributed by atoms with Gasteiger partial charge in [0.2, 0.25) is 10.0 Å². The highest BCUT2D eigenvalue weighted by Crippen LogP contribution is 2.24. The molecule has 0 atom stereocenters. The lowest BCUT2D eigenvalue weighted by molar-refractivity contribution is 0.102. The predicted molar refractivity (Wildman–Crippen MR) is 125 cm³/mol. The summed E-state index contributed by atoms with van der Waals surface area (Å²) in [6.07, 6.45) is 1.16. The van der Waals surface area contributed by atoms with Crippen molar-refractivity contribution in [1.82, 2.24) is 0 Å². The largest absolute Gasteiger partial charge is 0.319 e. The van der Waals surface area contributed by atoms with E-state index in [1.54, 1.807) is 36.4 Å². The van der Waals surface area contributed by atoms with E-state index in [-0.39, 0.29) is 12.2 Å². The summed E-state index contributed by atoms with van der Waals surface area (Å²) in [5.74, 6) is -1.00. The van der Waals surface area contributed by atoms with Crippen LogP contribution in [-0.4, -0.2) is 20.6 Å². The number of sulfonamides is 1. The Labute approximate surface area is 190 Å². The van der Waals surface area contributed by atoms with Crippen molar-refractivity contribution >= 4 is 43.2 Å². The van der Waals surface area contributed by atoms with Gasteiger partial charge in [0.15, 0.2) is 0 Å². The van der Waals surface area contributed by atoms with Crippen LogP contribution in [-0.2, 0) is 16.6 Å². The number of rotatable bonds is 6. The van der Waals surface area contributed by atoms with Crippen LogP contribution in [0.15, 0.2) is 65.1 Å². The molecule has 5 nitrogen and oxygen atoms in total. The van der Waals surface area contributed by atoms with Crippen molar-refractivity contribution in [2.45, 2.75) is 20.4 Å². The van der Waals surface area contributed by atoms with Gasteiger partial charge in [0.1, 0.15) is 5.82 Å². The van der Waals surface area contributed by atoms with Gasteiger partial charge in [-0.05, 0) is 73.0 Å². The molecule has 8 heteroatoms. The highest BCUT2D eigenvalue weighted by molar-refractivity contribution is 9.10. The molecule has 31 heavy (non-hydrogen) atoms. The molecule has 0 heterocycles. The fourth-order valence-corrected chi connectivity index (χ4v) is 4.21. The summed E-state index contributed by atoms with van der Waals surface area (Å²) >= 11 is 3.17. The van der Waals surface area contributed by atoms with Gasteiger partial charge in [-0.3, -0.25) is 9.10 Å². The first-order valence-corrected chi connectivity index (χ1v) is 12.1. The number of hydrogen-bond acceptors (Lipinski definition) is 3. The summed E-state index contributed by atoms with van der Waals surface area (Å²) in [6, 6.07) is 16.4. The lowest BCUT2D eigenvalue weighted by atomic mass is 10.1. The van der Waals surface area contributed by atoms with Crippen molar-refractivity contribution in [3.05, 3.63) is 93.2 Å². The van der Waals surface area contributed by atoms with E-state index in [1.165, 1.54) is 16.4 Å². The van der Waals surface area contributed by atoms with E-state index >= 15 is 0 Å². The SMILES string of the molecule is Cc1ccc(N(Cc2ccc(C(=O)Nc3ccc(Br)cc3F)cc2)S(C)(=O)=O)cc1C. The Morgan fingerprint density at radius 2 is 1.68 bits per heavy atom. The van der Waals surface area contributed by atoms with Crippen LogP contribution in [0.5, 0.6) is 0 Å². The van der Waals surface area contributed by atoms with Crippen LogP contribution in [0.1, 0.15) is 27.0 Å². The molecule has 0 aliphatic carbocycles. The number of halogens is 2. The zero-order valence-electron chi connectivity index (χ0n) is 17.3. The van der Waals surface area contributed by atoms with Crippen molar-refractivity contribution in [3.63, 3.8) is 0 Å². The normalized spacial score (nSPS) is 11.3. The van der Waals surface area contributed by atoms with E-state index in [0.29, 0.717) is 15.7 Å². The van der Waals surface area contributed by atoms with Crippen molar-refractivity contribution in [2.75, 3.05) is 15.9 Å². The number of carbonyl (C=O) groups excluding carboxylic acids is 1. The topological polar surface area (TPSA) is 66.5 Å². The van der Waals surface area contributed by atoms with Crippen molar-refractivity contribution in [1.29, 1.82) is 0 Å². The van der Waals surface area contributed by atoms with Gasteiger partial charge in [-0.1, -0.05) is 34.1 Å². The van der Waals surface area contributed by atoms with E-state index in [2.05, 4.69) is 21.2 Å². The zero-order chi connectivity index (χ0) is 22.8. The van der Waals surface area contributed by atoms with Crippen LogP contribution < -0.4 is 9.62 Å². The quantitative estimate of drug-likeness (QED) is 0.487. The molecule has 0 unspecified atom stereocenters. The number of amides is 1. The third-order valence-corrected chi connectivity index (χ3v) is 6.53. The number of carbonyl (C=O) groups is 1. The summed E-state index contributed by atoms with van der Waals surface area (Å²) in [5, 5.41) is 2.53. The lowest BCUT2D eigenvalue weighted by Crippen LogP contribution is -2.29. The second-order valence-electron chi connectivity index (χ2n) is 7.31. The standard InChI is InChI=1S/C23H22BrFN2O3S/c1-15-4-10-20(12-16(15)2)27(31(3,29)30)14-17-5-7-18(8-6-17)23(28)26-22-11-9-19(24)13-21(22)25/h4-13H,14H2,1-3H3,(H,26,28). The maximum Gasteiger partial charge on any atom is 0.255 e. The zero-order valence-corrected chi connectivity index (χ0v) is 19.7. The first-order valence-electron chi connectivity index (χ1n) is 9.45. The molecule has 0 spiro atoms. The summed E-state index contributed by atoms with van der Waals surface area (Å²) < 4.78 is 40.6. The Kier molecular flexibility index (Phi) is 6.81. The van der Waals surface area contributed by atoms with Crippen molar-refractivity contribution < 1.29 is 17.6 Å². The number of nitrogens with zero attached hydrogens (tertiary/aromatic N) is 1. The number of nitrogens with one attached hydrogen (secondary N) is 1. The summed E-state index contributed by atoms with van der Waals surface area (Å²) in [5.41, 5.74) is 3.79. The molecular formula is C23H22BrFN2O3S. The molecule has 3 aromatic rings. The molecule has 0 aliphatic rings. The first-order chi connectivity index (χ1) is 14.5. The number of aryl methyl sites for hydroxylation is 2. The average Bonchev–Trinajstić information content (AvgIpc) is 2.70. The Balaban J connectivity index is 1.79. The van der Waals surface area contributed by atoms with E-state index in [4.69, 9.17) is 0 Å². The van der Waals surface area contributed by atoms with Crippen LogP contribution >= 0.6 is 15.9 Å². The van der Waals surface area contributed by atoms with Crippen LogP contribution in [0.3, 0.4) is 0 Å². The van der Waals surface area contributed by atoms with Crippen LogP contribution in [0, 0.1) is 19.7 Å². The van der Waals surface area contributed by atoms with Gasteiger partial charge in [-0.2, -0.15) is 0 Å². The second-order valence-corrected chi connectivity index (χ2v) is 10.1. The smallest absolute Gasteiger partial charge is 0.255 e. The Morgan fingerprint density at radius 3 is 2.26 bits per heavy atom. The molecular weight excluding hydrogens is 483 g/mol. The summed E-state index contributed by atoms with van der Waals surface area (Å²) in [6.45, 7) is 4.03. The third kappa shape index (κ3) is 5.71. The monoisotopic (exact) mass is 504 g/mol. The maximum absolute atomic E-state index is 14.0. The van der Waals surface area contributed by atoms with Gasteiger partial charge in [-0.15, -0.1) is 0 Å². The number of benzene rings is 3. The Bertz CT molecular complexity index is 1230. The fraction of sp³-hybridized carbons (Fsp3) is 0.174. The molecule has 0 fully saturated rings. The molecule has 0 bridgehead atoms. The Hall–Kier alpha value is -2.71. The highest BCUT2D eigenvalue weighted by atomic mass is 79.9. The van der Waals surface area contributed by atoms with Gasteiger partial charge in [0, 0.05) is 10.0 Å². The van der Waals surface area contributed by atoms with Gasteiger partial charge < -0.3 is 5.32 Å². The average molecular weight is 505 g/mol. The van der Waals surface area contributed by atoms with Gasteiger partial charge in [-0.25, -0.2) is 12.8 Å². The minimum absolute atomic E-state index is 0.0790. The molecule has 0 aromatic heterocycles. The molecule has 0 saturated carbocycles. The predicted octanol–water partition coefficient (Wildman–Crippen LogP) is 5.42. The van der Waals surface area contributed by atoms with E-state index in [0.717, 1.165) is 22.9 Å². The Morgan fingerprint density at radius 1 is 1.00 bits per heavy atom. The van der Waals surface area contributed by atoms with E-state index < -0.39 is 21.7 Å². The van der Waals surface area contributed by atoms with Crippen LogP contribution in [0.4, 0.5) is 15.8 Å². The fourth-order valence-electron chi connectivity index (χ4n) is 2.99. The minimum atomic E-state index is -3.51. The molecule has 1 amide bonds. The molecule has 162 valence electrons. The molecule has 1 N–H and O–H groups in total. The van der Waals surface area contributed by atoms with Crippen molar-refractivity contribution in [3.8, 4) is 0 Å². The molecule has 0 aliphatic heterocycles. The number of hydrogen-bond donors (Lipinski definition) is 1. The van der Waals surface area contributed by atoms with E-state index in [1.807, 2.05) is 26.0 Å². The summed E-state index contributed by atoms with van der Waals surface area (Å²) in [7, 11) is -3.51. The molecule has 0 saturated heterocycles. The minimum Gasteiger partial charge on any atom is -0.319 e. The maximum atomic E-state index is 14.0. The van der Waals surface area contributed by atoms with Gasteiger partial charge in [0.05, 0.1) is 24.2 Å². The number of anilines is 2. The molecule has 3 aromatic carbocycles. The van der Waals surface area contributed by atoms with Crippen molar-refractivity contribution in [2.24, 2.45) is 0 Å². The van der Waals surface area contributed by atoms with Crippen LogP contribution in [0.25, 0.3) is 0 Å². The first kappa shape index (κ1) is 23.0. The third-order valence-electron chi connectivity index (χ3n) is 4.90. The molecule has 0 radical (unpaired) electrons. The molecule has 3 rings (SSSR count).